The number of thiophene rings is 1. The normalized spacial score (nSPS) is 17.4. The third kappa shape index (κ3) is 4.74. The van der Waals surface area contributed by atoms with Gasteiger partial charge in [-0.05, 0) is 41.4 Å². The Kier molecular flexibility index (Phi) is 6.36. The lowest BCUT2D eigenvalue weighted by Crippen LogP contribution is -2.52. The van der Waals surface area contributed by atoms with Crippen LogP contribution in [0.15, 0.2) is 35.0 Å². The van der Waals surface area contributed by atoms with E-state index in [4.69, 9.17) is 23.2 Å². The molecule has 0 bridgehead atoms. The lowest BCUT2D eigenvalue weighted by Gasteiger charge is -2.37. The van der Waals surface area contributed by atoms with Crippen LogP contribution < -0.4 is 5.32 Å². The molecular formula is C18H21Cl2N3OS. The van der Waals surface area contributed by atoms with Gasteiger partial charge in [0.1, 0.15) is 0 Å². The number of rotatable bonds is 5. The van der Waals surface area contributed by atoms with E-state index in [2.05, 4.69) is 31.9 Å². The summed E-state index contributed by atoms with van der Waals surface area (Å²) in [4.78, 5) is 17.2. The van der Waals surface area contributed by atoms with Crippen molar-refractivity contribution in [1.82, 2.24) is 9.80 Å². The highest BCUT2D eigenvalue weighted by Gasteiger charge is 2.26. The summed E-state index contributed by atoms with van der Waals surface area (Å²) in [6, 6.07) is 7.20. The lowest BCUT2D eigenvalue weighted by atomic mass is 10.2. The van der Waals surface area contributed by atoms with E-state index < -0.39 is 0 Å². The van der Waals surface area contributed by atoms with Crippen molar-refractivity contribution in [2.75, 3.05) is 31.5 Å². The van der Waals surface area contributed by atoms with Crippen LogP contribution in [0.4, 0.5) is 5.69 Å². The maximum absolute atomic E-state index is 12.5. The van der Waals surface area contributed by atoms with E-state index in [1.165, 1.54) is 5.56 Å². The fraction of sp³-hybridized carbons (Fsp3) is 0.389. The van der Waals surface area contributed by atoms with Gasteiger partial charge in [-0.2, -0.15) is 11.3 Å². The predicted octanol–water partition coefficient (Wildman–Crippen LogP) is 4.20. The van der Waals surface area contributed by atoms with Gasteiger partial charge in [0.05, 0.1) is 21.8 Å². The SMILES string of the molecule is C[C@H](C(=O)Nc1cccc(Cl)c1Cl)N1CCN(Cc2ccsc2)CC1. The van der Waals surface area contributed by atoms with Crippen molar-refractivity contribution in [3.63, 3.8) is 0 Å². The van der Waals surface area contributed by atoms with Crippen LogP contribution in [0.5, 0.6) is 0 Å². The zero-order valence-electron chi connectivity index (χ0n) is 14.0. The number of hydrogen-bond acceptors (Lipinski definition) is 4. The number of halogens is 2. The van der Waals surface area contributed by atoms with E-state index >= 15 is 0 Å². The second-order valence-corrected chi connectivity index (χ2v) is 7.78. The average molecular weight is 398 g/mol. The Hall–Kier alpha value is -1.11. The molecule has 0 unspecified atom stereocenters. The van der Waals surface area contributed by atoms with Crippen molar-refractivity contribution in [2.24, 2.45) is 0 Å². The van der Waals surface area contributed by atoms with Crippen LogP contribution in [-0.4, -0.2) is 47.9 Å². The summed E-state index contributed by atoms with van der Waals surface area (Å²) in [5.74, 6) is -0.0598. The minimum atomic E-state index is -0.210. The molecule has 1 aromatic carbocycles. The van der Waals surface area contributed by atoms with E-state index in [0.29, 0.717) is 15.7 Å². The molecule has 25 heavy (non-hydrogen) atoms. The molecule has 1 amide bonds. The van der Waals surface area contributed by atoms with Crippen LogP contribution in [-0.2, 0) is 11.3 Å². The number of anilines is 1. The quantitative estimate of drug-likeness (QED) is 0.820. The molecule has 134 valence electrons. The molecule has 3 rings (SSSR count). The molecule has 1 atom stereocenters. The summed E-state index contributed by atoms with van der Waals surface area (Å²) >= 11 is 13.9. The summed E-state index contributed by atoms with van der Waals surface area (Å²) in [6.45, 7) is 6.60. The summed E-state index contributed by atoms with van der Waals surface area (Å²) < 4.78 is 0. The van der Waals surface area contributed by atoms with Gasteiger partial charge in [0, 0.05) is 32.7 Å². The Morgan fingerprint density at radius 3 is 2.68 bits per heavy atom. The molecule has 1 aromatic heterocycles. The molecule has 0 spiro atoms. The van der Waals surface area contributed by atoms with Crippen LogP contribution in [0, 0.1) is 0 Å². The maximum atomic E-state index is 12.5. The van der Waals surface area contributed by atoms with Gasteiger partial charge in [0.2, 0.25) is 5.91 Å². The fourth-order valence-corrected chi connectivity index (χ4v) is 3.96. The summed E-state index contributed by atoms with van der Waals surface area (Å²) in [5.41, 5.74) is 1.92. The third-order valence-corrected chi connectivity index (χ3v) is 6.08. The number of carbonyl (C=O) groups is 1. The number of carbonyl (C=O) groups excluding carboxylic acids is 1. The Balaban J connectivity index is 1.52. The Labute approximate surface area is 162 Å². The summed E-state index contributed by atoms with van der Waals surface area (Å²) in [5, 5.41) is 8.01. The summed E-state index contributed by atoms with van der Waals surface area (Å²) in [6.07, 6.45) is 0. The number of nitrogens with one attached hydrogen (secondary N) is 1. The van der Waals surface area contributed by atoms with Gasteiger partial charge >= 0.3 is 0 Å². The first-order chi connectivity index (χ1) is 12.0. The zero-order chi connectivity index (χ0) is 17.8. The Bertz CT molecular complexity index is 715. The molecule has 0 aliphatic carbocycles. The lowest BCUT2D eigenvalue weighted by molar-refractivity contribution is -0.121. The van der Waals surface area contributed by atoms with Gasteiger partial charge < -0.3 is 5.32 Å². The molecule has 1 saturated heterocycles. The van der Waals surface area contributed by atoms with Crippen molar-refractivity contribution < 1.29 is 4.79 Å². The third-order valence-electron chi connectivity index (χ3n) is 4.53. The minimum absolute atomic E-state index is 0.0598. The first kappa shape index (κ1) is 18.7. The van der Waals surface area contributed by atoms with Crippen molar-refractivity contribution >= 4 is 46.1 Å². The van der Waals surface area contributed by atoms with Gasteiger partial charge in [-0.1, -0.05) is 29.3 Å². The molecule has 4 nitrogen and oxygen atoms in total. The fourth-order valence-electron chi connectivity index (χ4n) is 2.95. The van der Waals surface area contributed by atoms with Gasteiger partial charge in [0.15, 0.2) is 0 Å². The molecule has 0 radical (unpaired) electrons. The molecule has 7 heteroatoms. The van der Waals surface area contributed by atoms with Gasteiger partial charge in [-0.15, -0.1) is 0 Å². The number of hydrogen-bond donors (Lipinski definition) is 1. The molecule has 2 heterocycles. The van der Waals surface area contributed by atoms with Crippen LogP contribution in [0.25, 0.3) is 0 Å². The average Bonchev–Trinajstić information content (AvgIpc) is 3.12. The largest absolute Gasteiger partial charge is 0.323 e. The Morgan fingerprint density at radius 1 is 1.24 bits per heavy atom. The number of benzene rings is 1. The van der Waals surface area contributed by atoms with Crippen LogP contribution >= 0.6 is 34.5 Å². The topological polar surface area (TPSA) is 35.6 Å². The van der Waals surface area contributed by atoms with Crippen molar-refractivity contribution in [3.05, 3.63) is 50.6 Å². The van der Waals surface area contributed by atoms with E-state index in [1.807, 2.05) is 6.92 Å². The van der Waals surface area contributed by atoms with Crippen LogP contribution in [0.2, 0.25) is 10.0 Å². The van der Waals surface area contributed by atoms with E-state index in [-0.39, 0.29) is 11.9 Å². The first-order valence-corrected chi connectivity index (χ1v) is 9.97. The molecule has 1 aliphatic heterocycles. The van der Waals surface area contributed by atoms with E-state index in [9.17, 15) is 4.79 Å². The van der Waals surface area contributed by atoms with Crippen LogP contribution in [0.3, 0.4) is 0 Å². The smallest absolute Gasteiger partial charge is 0.241 e. The number of piperazine rings is 1. The highest BCUT2D eigenvalue weighted by atomic mass is 35.5. The maximum Gasteiger partial charge on any atom is 0.241 e. The number of amides is 1. The predicted molar refractivity (Wildman–Crippen MR) is 106 cm³/mol. The molecular weight excluding hydrogens is 377 g/mol. The van der Waals surface area contributed by atoms with E-state index in [1.54, 1.807) is 29.5 Å². The van der Waals surface area contributed by atoms with Crippen LogP contribution in [0.1, 0.15) is 12.5 Å². The molecule has 0 saturated carbocycles. The number of nitrogens with zero attached hydrogens (tertiary/aromatic N) is 2. The minimum Gasteiger partial charge on any atom is -0.323 e. The van der Waals surface area contributed by atoms with Gasteiger partial charge in [-0.25, -0.2) is 0 Å². The summed E-state index contributed by atoms with van der Waals surface area (Å²) in [7, 11) is 0. The first-order valence-electron chi connectivity index (χ1n) is 8.27. The van der Waals surface area contributed by atoms with Crippen molar-refractivity contribution in [1.29, 1.82) is 0 Å². The van der Waals surface area contributed by atoms with Crippen molar-refractivity contribution in [2.45, 2.75) is 19.5 Å². The van der Waals surface area contributed by atoms with Crippen molar-refractivity contribution in [3.8, 4) is 0 Å². The van der Waals surface area contributed by atoms with Gasteiger partial charge in [0.25, 0.3) is 0 Å². The molecule has 1 fully saturated rings. The molecule has 1 N–H and O–H groups in total. The standard InChI is InChI=1S/C18H21Cl2N3OS/c1-13(18(24)21-16-4-2-3-15(19)17(16)20)23-8-6-22(7-9-23)11-14-5-10-25-12-14/h2-5,10,12-13H,6-9,11H2,1H3,(H,21,24)/t13-/m1/s1. The highest BCUT2D eigenvalue weighted by Crippen LogP contribution is 2.29. The zero-order valence-corrected chi connectivity index (χ0v) is 16.4. The molecule has 2 aromatic rings. The monoisotopic (exact) mass is 397 g/mol. The highest BCUT2D eigenvalue weighted by molar-refractivity contribution is 7.07. The second kappa shape index (κ2) is 8.52. The molecule has 1 aliphatic rings. The second-order valence-electron chi connectivity index (χ2n) is 6.21. The Morgan fingerprint density at radius 2 is 2.00 bits per heavy atom. The van der Waals surface area contributed by atoms with Gasteiger partial charge in [-0.3, -0.25) is 14.6 Å². The van der Waals surface area contributed by atoms with E-state index in [0.717, 1.165) is 32.7 Å².